The molecule has 0 bridgehead atoms. The summed E-state index contributed by atoms with van der Waals surface area (Å²) >= 11 is 0. The standard InChI is InChI=1S/C16H27FN4.HI/c1-4-10-21(5-2)11-9-19-16(18-3)20-13-14-7-6-8-15(17)12-14;/h6-8,12H,4-5,9-11,13H2,1-3H3,(H2,18,19,20);1H. The van der Waals surface area contributed by atoms with Gasteiger partial charge in [0.05, 0.1) is 0 Å². The topological polar surface area (TPSA) is 39.7 Å². The number of hydrogen-bond donors (Lipinski definition) is 2. The molecule has 0 radical (unpaired) electrons. The summed E-state index contributed by atoms with van der Waals surface area (Å²) in [6.07, 6.45) is 1.17. The molecule has 1 aromatic carbocycles. The third-order valence-corrected chi connectivity index (χ3v) is 3.28. The minimum Gasteiger partial charge on any atom is -0.355 e. The molecular formula is C16H28FIN4. The van der Waals surface area contributed by atoms with E-state index < -0.39 is 0 Å². The summed E-state index contributed by atoms with van der Waals surface area (Å²) in [5.74, 6) is 0.530. The van der Waals surface area contributed by atoms with Gasteiger partial charge in [-0.3, -0.25) is 4.99 Å². The van der Waals surface area contributed by atoms with E-state index in [4.69, 9.17) is 0 Å². The lowest BCUT2D eigenvalue weighted by atomic mass is 10.2. The zero-order chi connectivity index (χ0) is 15.5. The molecular weight excluding hydrogens is 394 g/mol. The molecule has 0 atom stereocenters. The Bertz CT molecular complexity index is 440. The van der Waals surface area contributed by atoms with Crippen LogP contribution in [0.15, 0.2) is 29.3 Å². The largest absolute Gasteiger partial charge is 0.355 e. The third kappa shape index (κ3) is 8.53. The van der Waals surface area contributed by atoms with Crippen LogP contribution in [0.4, 0.5) is 4.39 Å². The Morgan fingerprint density at radius 2 is 2.00 bits per heavy atom. The second-order valence-electron chi connectivity index (χ2n) is 4.92. The van der Waals surface area contributed by atoms with Gasteiger partial charge < -0.3 is 15.5 Å². The van der Waals surface area contributed by atoms with Gasteiger partial charge in [0.1, 0.15) is 5.82 Å². The summed E-state index contributed by atoms with van der Waals surface area (Å²) in [4.78, 5) is 6.57. The number of halogens is 2. The van der Waals surface area contributed by atoms with Crippen LogP contribution >= 0.6 is 24.0 Å². The van der Waals surface area contributed by atoms with Gasteiger partial charge in [-0.1, -0.05) is 26.0 Å². The highest BCUT2D eigenvalue weighted by atomic mass is 127. The van der Waals surface area contributed by atoms with E-state index in [0.717, 1.165) is 37.7 Å². The zero-order valence-electron chi connectivity index (χ0n) is 13.7. The first-order chi connectivity index (χ1) is 10.2. The number of benzene rings is 1. The minimum atomic E-state index is -0.213. The maximum atomic E-state index is 13.1. The Morgan fingerprint density at radius 1 is 1.23 bits per heavy atom. The molecule has 0 unspecified atom stereocenters. The van der Waals surface area contributed by atoms with E-state index in [1.54, 1.807) is 13.1 Å². The average Bonchev–Trinajstić information content (AvgIpc) is 2.49. The maximum Gasteiger partial charge on any atom is 0.191 e. The molecule has 0 fully saturated rings. The predicted molar refractivity (Wildman–Crippen MR) is 102 cm³/mol. The Kier molecular flexibility index (Phi) is 12.1. The molecule has 22 heavy (non-hydrogen) atoms. The van der Waals surface area contributed by atoms with Crippen molar-refractivity contribution in [1.29, 1.82) is 0 Å². The fraction of sp³-hybridized carbons (Fsp3) is 0.562. The van der Waals surface area contributed by atoms with Crippen molar-refractivity contribution in [2.75, 3.05) is 33.2 Å². The maximum absolute atomic E-state index is 13.1. The lowest BCUT2D eigenvalue weighted by Gasteiger charge is -2.20. The first kappa shape index (κ1) is 21.1. The third-order valence-electron chi connectivity index (χ3n) is 3.28. The van der Waals surface area contributed by atoms with E-state index in [1.807, 2.05) is 6.07 Å². The van der Waals surface area contributed by atoms with Crippen LogP contribution in [0.2, 0.25) is 0 Å². The van der Waals surface area contributed by atoms with E-state index in [9.17, 15) is 4.39 Å². The van der Waals surface area contributed by atoms with Crippen LogP contribution < -0.4 is 10.6 Å². The molecule has 0 aliphatic heterocycles. The van der Waals surface area contributed by atoms with Crippen LogP contribution in [0.3, 0.4) is 0 Å². The molecule has 0 saturated carbocycles. The number of hydrogen-bond acceptors (Lipinski definition) is 2. The first-order valence-corrected chi connectivity index (χ1v) is 7.60. The monoisotopic (exact) mass is 422 g/mol. The molecule has 4 nitrogen and oxygen atoms in total. The van der Waals surface area contributed by atoms with Crippen LogP contribution in [0.5, 0.6) is 0 Å². The average molecular weight is 422 g/mol. The fourth-order valence-electron chi connectivity index (χ4n) is 2.13. The predicted octanol–water partition coefficient (Wildman–Crippen LogP) is 2.84. The first-order valence-electron chi connectivity index (χ1n) is 7.60. The van der Waals surface area contributed by atoms with E-state index in [0.29, 0.717) is 6.54 Å². The summed E-state index contributed by atoms with van der Waals surface area (Å²) in [7, 11) is 1.74. The summed E-state index contributed by atoms with van der Waals surface area (Å²) in [5, 5.41) is 6.47. The number of guanidine groups is 1. The zero-order valence-corrected chi connectivity index (χ0v) is 16.1. The van der Waals surface area contributed by atoms with E-state index in [2.05, 4.69) is 34.4 Å². The molecule has 2 N–H and O–H groups in total. The molecule has 0 aliphatic rings. The van der Waals surface area contributed by atoms with Crippen LogP contribution in [0.25, 0.3) is 0 Å². The summed E-state index contributed by atoms with van der Waals surface area (Å²) in [5.41, 5.74) is 0.902. The molecule has 6 heteroatoms. The highest BCUT2D eigenvalue weighted by Crippen LogP contribution is 2.02. The number of nitrogens with one attached hydrogen (secondary N) is 2. The Hall–Kier alpha value is -0.890. The highest BCUT2D eigenvalue weighted by molar-refractivity contribution is 14.0. The van der Waals surface area contributed by atoms with Gasteiger partial charge in [-0.15, -0.1) is 24.0 Å². The quantitative estimate of drug-likeness (QED) is 0.385. The molecule has 0 heterocycles. The van der Waals surface area contributed by atoms with Crippen molar-refractivity contribution in [3.63, 3.8) is 0 Å². The van der Waals surface area contributed by atoms with Crippen molar-refractivity contribution in [1.82, 2.24) is 15.5 Å². The SMILES string of the molecule is CCCN(CC)CCNC(=NC)NCc1cccc(F)c1.I. The summed E-state index contributed by atoms with van der Waals surface area (Å²) < 4.78 is 13.1. The van der Waals surface area contributed by atoms with Crippen molar-refractivity contribution in [2.24, 2.45) is 4.99 Å². The number of nitrogens with zero attached hydrogens (tertiary/aromatic N) is 2. The van der Waals surface area contributed by atoms with Crippen LogP contribution in [-0.4, -0.2) is 44.1 Å². The van der Waals surface area contributed by atoms with Gasteiger partial charge in [0.2, 0.25) is 0 Å². The van der Waals surface area contributed by atoms with Gasteiger partial charge in [-0.2, -0.15) is 0 Å². The Labute approximate surface area is 150 Å². The van der Waals surface area contributed by atoms with Crippen LogP contribution in [0.1, 0.15) is 25.8 Å². The van der Waals surface area contributed by atoms with Gasteiger partial charge in [0, 0.05) is 26.7 Å². The van der Waals surface area contributed by atoms with E-state index >= 15 is 0 Å². The van der Waals surface area contributed by atoms with Crippen molar-refractivity contribution in [3.8, 4) is 0 Å². The second kappa shape index (κ2) is 12.6. The smallest absolute Gasteiger partial charge is 0.191 e. The number of rotatable bonds is 8. The van der Waals surface area contributed by atoms with Crippen molar-refractivity contribution in [3.05, 3.63) is 35.6 Å². The highest BCUT2D eigenvalue weighted by Gasteiger charge is 2.02. The van der Waals surface area contributed by atoms with Gasteiger partial charge in [0.15, 0.2) is 5.96 Å². The molecule has 126 valence electrons. The summed E-state index contributed by atoms with van der Waals surface area (Å²) in [6, 6.07) is 6.58. The van der Waals surface area contributed by atoms with Crippen LogP contribution in [0, 0.1) is 5.82 Å². The minimum absolute atomic E-state index is 0. The molecule has 1 rings (SSSR count). The fourth-order valence-corrected chi connectivity index (χ4v) is 2.13. The van der Waals surface area contributed by atoms with Crippen LogP contribution in [-0.2, 0) is 6.54 Å². The number of aliphatic imine (C=N–C) groups is 1. The van der Waals surface area contributed by atoms with Crippen molar-refractivity contribution >= 4 is 29.9 Å². The lowest BCUT2D eigenvalue weighted by Crippen LogP contribution is -2.41. The molecule has 0 aliphatic carbocycles. The number of likely N-dealkylation sites (N-methyl/N-ethyl adjacent to an activating group) is 1. The van der Waals surface area contributed by atoms with Crippen molar-refractivity contribution in [2.45, 2.75) is 26.8 Å². The van der Waals surface area contributed by atoms with Gasteiger partial charge in [-0.25, -0.2) is 4.39 Å². The molecule has 1 aromatic rings. The molecule has 0 saturated heterocycles. The van der Waals surface area contributed by atoms with E-state index in [1.165, 1.54) is 18.6 Å². The van der Waals surface area contributed by atoms with Crippen molar-refractivity contribution < 1.29 is 4.39 Å². The molecule has 0 aromatic heterocycles. The normalized spacial score (nSPS) is 11.2. The summed E-state index contributed by atoms with van der Waals surface area (Å²) in [6.45, 7) is 8.94. The lowest BCUT2D eigenvalue weighted by molar-refractivity contribution is 0.293. The van der Waals surface area contributed by atoms with Gasteiger partial charge in [0.25, 0.3) is 0 Å². The molecule has 0 spiro atoms. The Balaban J connectivity index is 0.00000441. The Morgan fingerprint density at radius 3 is 2.59 bits per heavy atom. The molecule has 0 amide bonds. The van der Waals surface area contributed by atoms with Gasteiger partial charge >= 0.3 is 0 Å². The van der Waals surface area contributed by atoms with Gasteiger partial charge in [-0.05, 0) is 37.2 Å². The van der Waals surface area contributed by atoms with E-state index in [-0.39, 0.29) is 29.8 Å². The second-order valence-corrected chi connectivity index (χ2v) is 4.92.